The Hall–Kier alpha value is -3.52. The molecule has 3 aromatic rings. The van der Waals surface area contributed by atoms with Gasteiger partial charge in [0.05, 0.1) is 6.54 Å². The van der Waals surface area contributed by atoms with Crippen molar-refractivity contribution in [1.82, 2.24) is 20.4 Å². The number of pyridine rings is 1. The minimum atomic E-state index is -0.560. The third kappa shape index (κ3) is 4.99. The van der Waals surface area contributed by atoms with Crippen molar-refractivity contribution in [3.63, 3.8) is 0 Å². The van der Waals surface area contributed by atoms with Gasteiger partial charge in [-0.15, -0.1) is 0 Å². The number of nitrogens with one attached hydrogen (secondary N) is 2. The average Bonchev–Trinajstić information content (AvgIpc) is 2.73. The zero-order valence-electron chi connectivity index (χ0n) is 14.8. The Bertz CT molecular complexity index is 889. The minimum Gasteiger partial charge on any atom is -0.361 e. The largest absolute Gasteiger partial charge is 0.361 e. The number of hydroxylamine groups is 1. The van der Waals surface area contributed by atoms with Crippen molar-refractivity contribution in [3.8, 4) is 11.4 Å². The van der Waals surface area contributed by atoms with E-state index in [1.165, 1.54) is 0 Å². The van der Waals surface area contributed by atoms with Gasteiger partial charge in [0.15, 0.2) is 5.82 Å². The molecule has 0 aliphatic rings. The topological polar surface area (TPSA) is 103 Å². The second-order valence-corrected chi connectivity index (χ2v) is 5.91. The van der Waals surface area contributed by atoms with Crippen molar-refractivity contribution >= 4 is 17.5 Å². The Balaban J connectivity index is 1.90. The summed E-state index contributed by atoms with van der Waals surface area (Å²) in [7, 11) is 1.94. The Labute approximate surface area is 156 Å². The Morgan fingerprint density at radius 3 is 2.67 bits per heavy atom. The van der Waals surface area contributed by atoms with Crippen molar-refractivity contribution in [2.24, 2.45) is 0 Å². The van der Waals surface area contributed by atoms with Gasteiger partial charge in [0.25, 0.3) is 5.91 Å². The number of amides is 1. The van der Waals surface area contributed by atoms with Gasteiger partial charge < -0.3 is 10.2 Å². The van der Waals surface area contributed by atoms with Crippen LogP contribution < -0.4 is 15.7 Å². The van der Waals surface area contributed by atoms with Gasteiger partial charge >= 0.3 is 0 Å². The van der Waals surface area contributed by atoms with E-state index in [1.807, 2.05) is 54.4 Å². The van der Waals surface area contributed by atoms with Crippen LogP contribution in [0.15, 0.2) is 60.9 Å². The highest BCUT2D eigenvalue weighted by atomic mass is 16.5. The number of nitrogens with zero attached hydrogens (tertiary/aromatic N) is 4. The molecule has 3 N–H and O–H groups in total. The number of anilines is 2. The molecule has 3 rings (SSSR count). The zero-order valence-corrected chi connectivity index (χ0v) is 14.8. The molecule has 138 valence electrons. The first-order chi connectivity index (χ1) is 13.2. The van der Waals surface area contributed by atoms with E-state index in [2.05, 4.69) is 20.3 Å². The van der Waals surface area contributed by atoms with Crippen LogP contribution in [0.2, 0.25) is 0 Å². The zero-order chi connectivity index (χ0) is 19.1. The maximum atomic E-state index is 11.3. The molecule has 0 spiro atoms. The van der Waals surface area contributed by atoms with Crippen LogP contribution in [-0.4, -0.2) is 39.7 Å². The molecule has 8 heteroatoms. The Kier molecular flexibility index (Phi) is 5.91. The SMILES string of the molecule is CN(Cc1ccccc1)c1cc(NCC(=O)NO)nc(-c2cccnc2)n1. The number of benzene rings is 1. The van der Waals surface area contributed by atoms with Crippen LogP contribution in [-0.2, 0) is 11.3 Å². The molecule has 0 bridgehead atoms. The summed E-state index contributed by atoms with van der Waals surface area (Å²) in [4.78, 5) is 26.5. The Morgan fingerprint density at radius 2 is 1.96 bits per heavy atom. The summed E-state index contributed by atoms with van der Waals surface area (Å²) in [5.74, 6) is 1.10. The number of hydrogen-bond acceptors (Lipinski definition) is 7. The van der Waals surface area contributed by atoms with Crippen LogP contribution >= 0.6 is 0 Å². The predicted molar refractivity (Wildman–Crippen MR) is 102 cm³/mol. The smallest absolute Gasteiger partial charge is 0.262 e. The lowest BCUT2D eigenvalue weighted by Gasteiger charge is -2.20. The normalized spacial score (nSPS) is 10.3. The lowest BCUT2D eigenvalue weighted by Crippen LogP contribution is -2.27. The maximum absolute atomic E-state index is 11.3. The second kappa shape index (κ2) is 8.72. The van der Waals surface area contributed by atoms with E-state index in [0.29, 0.717) is 24.0 Å². The highest BCUT2D eigenvalue weighted by Gasteiger charge is 2.12. The lowest BCUT2D eigenvalue weighted by atomic mass is 10.2. The van der Waals surface area contributed by atoms with Crippen LogP contribution in [0.5, 0.6) is 0 Å². The van der Waals surface area contributed by atoms with Crippen molar-refractivity contribution in [2.75, 3.05) is 23.8 Å². The first kappa shape index (κ1) is 18.3. The third-order valence-corrected chi connectivity index (χ3v) is 3.84. The maximum Gasteiger partial charge on any atom is 0.262 e. The molecule has 0 saturated carbocycles. The summed E-state index contributed by atoms with van der Waals surface area (Å²) in [6.45, 7) is 0.558. The molecule has 1 aromatic carbocycles. The predicted octanol–water partition coefficient (Wildman–Crippen LogP) is 2.09. The van der Waals surface area contributed by atoms with E-state index < -0.39 is 5.91 Å². The second-order valence-electron chi connectivity index (χ2n) is 5.91. The van der Waals surface area contributed by atoms with Gasteiger partial charge in [-0.25, -0.2) is 15.4 Å². The summed E-state index contributed by atoms with van der Waals surface area (Å²) < 4.78 is 0. The number of rotatable bonds is 7. The first-order valence-electron chi connectivity index (χ1n) is 8.37. The number of carbonyl (C=O) groups excluding carboxylic acids is 1. The summed E-state index contributed by atoms with van der Waals surface area (Å²) in [6, 6.07) is 15.5. The average molecular weight is 364 g/mol. The highest BCUT2D eigenvalue weighted by molar-refractivity contribution is 5.79. The molecule has 0 aliphatic carbocycles. The van der Waals surface area contributed by atoms with E-state index in [-0.39, 0.29) is 6.54 Å². The van der Waals surface area contributed by atoms with Gasteiger partial charge in [0.1, 0.15) is 11.6 Å². The molecular weight excluding hydrogens is 344 g/mol. The summed E-state index contributed by atoms with van der Waals surface area (Å²) in [5, 5.41) is 11.6. The molecule has 0 radical (unpaired) electrons. The van der Waals surface area contributed by atoms with Crippen LogP contribution in [0.1, 0.15) is 5.56 Å². The molecule has 8 nitrogen and oxygen atoms in total. The van der Waals surface area contributed by atoms with Crippen molar-refractivity contribution < 1.29 is 10.0 Å². The molecule has 27 heavy (non-hydrogen) atoms. The van der Waals surface area contributed by atoms with E-state index in [4.69, 9.17) is 5.21 Å². The molecule has 0 saturated heterocycles. The number of hydrogen-bond donors (Lipinski definition) is 3. The molecule has 0 unspecified atom stereocenters. The fourth-order valence-electron chi connectivity index (χ4n) is 2.49. The number of aromatic nitrogens is 3. The van der Waals surface area contributed by atoms with Crippen LogP contribution in [0, 0.1) is 0 Å². The summed E-state index contributed by atoms with van der Waals surface area (Å²) in [6.07, 6.45) is 3.36. The fourth-order valence-corrected chi connectivity index (χ4v) is 2.49. The van der Waals surface area contributed by atoms with Gasteiger partial charge in [-0.2, -0.15) is 0 Å². The highest BCUT2D eigenvalue weighted by Crippen LogP contribution is 2.22. The quantitative estimate of drug-likeness (QED) is 0.436. The van der Waals surface area contributed by atoms with Crippen LogP contribution in [0.4, 0.5) is 11.6 Å². The van der Waals surface area contributed by atoms with Crippen LogP contribution in [0.25, 0.3) is 11.4 Å². The van der Waals surface area contributed by atoms with E-state index in [9.17, 15) is 4.79 Å². The minimum absolute atomic E-state index is 0.109. The molecule has 0 fully saturated rings. The molecule has 0 aliphatic heterocycles. The molecule has 0 atom stereocenters. The molecule has 2 heterocycles. The summed E-state index contributed by atoms with van der Waals surface area (Å²) >= 11 is 0. The standard InChI is InChI=1S/C19H20N6O2/c1-25(13-14-6-3-2-4-7-14)17-10-16(21-12-18(26)24-27)22-19(23-17)15-8-5-9-20-11-15/h2-11,27H,12-13H2,1H3,(H,24,26)(H,21,22,23). The van der Waals surface area contributed by atoms with Crippen LogP contribution in [0.3, 0.4) is 0 Å². The van der Waals surface area contributed by atoms with Gasteiger partial charge in [-0.05, 0) is 17.7 Å². The monoisotopic (exact) mass is 364 g/mol. The van der Waals surface area contributed by atoms with E-state index in [1.54, 1.807) is 23.9 Å². The molecule has 2 aromatic heterocycles. The van der Waals surface area contributed by atoms with E-state index in [0.717, 1.165) is 11.1 Å². The fraction of sp³-hybridized carbons (Fsp3) is 0.158. The Morgan fingerprint density at radius 1 is 1.15 bits per heavy atom. The van der Waals surface area contributed by atoms with Gasteiger partial charge in [0.2, 0.25) is 0 Å². The summed E-state index contributed by atoms with van der Waals surface area (Å²) in [5.41, 5.74) is 3.50. The van der Waals surface area contributed by atoms with Crippen molar-refractivity contribution in [3.05, 3.63) is 66.5 Å². The number of carbonyl (C=O) groups is 1. The first-order valence-corrected chi connectivity index (χ1v) is 8.37. The van der Waals surface area contributed by atoms with Gasteiger partial charge in [-0.3, -0.25) is 15.0 Å². The van der Waals surface area contributed by atoms with Gasteiger partial charge in [0, 0.05) is 37.6 Å². The lowest BCUT2D eigenvalue weighted by molar-refractivity contribution is -0.127. The van der Waals surface area contributed by atoms with Crippen molar-refractivity contribution in [1.29, 1.82) is 0 Å². The molecular formula is C19H20N6O2. The van der Waals surface area contributed by atoms with E-state index >= 15 is 0 Å². The van der Waals surface area contributed by atoms with Crippen molar-refractivity contribution in [2.45, 2.75) is 6.54 Å². The van der Waals surface area contributed by atoms with Gasteiger partial charge in [-0.1, -0.05) is 30.3 Å². The molecule has 1 amide bonds. The third-order valence-electron chi connectivity index (χ3n) is 3.84.